The fourth-order valence-electron chi connectivity index (χ4n) is 2.28. The molecule has 2 aliphatic rings. The summed E-state index contributed by atoms with van der Waals surface area (Å²) in [5.41, 5.74) is 0.311. The van der Waals surface area contributed by atoms with Gasteiger partial charge in [-0.3, -0.25) is 0 Å². The fraction of sp³-hybridized carbons (Fsp3) is 1.00. The third-order valence-electron chi connectivity index (χ3n) is 3.51. The summed E-state index contributed by atoms with van der Waals surface area (Å²) in [6.07, 6.45) is 4.60. The lowest BCUT2D eigenvalue weighted by atomic mass is 9.78. The zero-order valence-electron chi connectivity index (χ0n) is 7.76. The predicted molar refractivity (Wildman–Crippen MR) is 45.5 cm³/mol. The van der Waals surface area contributed by atoms with Gasteiger partial charge in [0.2, 0.25) is 0 Å². The lowest BCUT2D eigenvalue weighted by Crippen LogP contribution is -2.24. The summed E-state index contributed by atoms with van der Waals surface area (Å²) in [5.74, 6) is 1.78. The van der Waals surface area contributed by atoms with Crippen molar-refractivity contribution < 1.29 is 4.74 Å². The van der Waals surface area contributed by atoms with Crippen LogP contribution in [0, 0.1) is 11.8 Å². The van der Waals surface area contributed by atoms with E-state index in [0.29, 0.717) is 11.7 Å². The Labute approximate surface area is 69.1 Å². The minimum Gasteiger partial charge on any atom is -0.366 e. The van der Waals surface area contributed by atoms with E-state index in [-0.39, 0.29) is 0 Å². The molecule has 1 aliphatic carbocycles. The summed E-state index contributed by atoms with van der Waals surface area (Å²) in [6, 6.07) is 0. The third-order valence-corrected chi connectivity index (χ3v) is 3.51. The molecule has 1 saturated carbocycles. The Hall–Kier alpha value is -0.0400. The first kappa shape index (κ1) is 7.60. The largest absolute Gasteiger partial charge is 0.366 e. The summed E-state index contributed by atoms with van der Waals surface area (Å²) in [5, 5.41) is 0. The van der Waals surface area contributed by atoms with E-state index in [0.717, 1.165) is 11.8 Å². The number of epoxide rings is 1. The van der Waals surface area contributed by atoms with Crippen LogP contribution >= 0.6 is 0 Å². The van der Waals surface area contributed by atoms with E-state index in [9.17, 15) is 0 Å². The van der Waals surface area contributed by atoms with Crippen molar-refractivity contribution >= 4 is 0 Å². The van der Waals surface area contributed by atoms with E-state index < -0.39 is 0 Å². The molecule has 0 bridgehead atoms. The highest BCUT2D eigenvalue weighted by Crippen LogP contribution is 2.50. The predicted octanol–water partition coefficient (Wildman–Crippen LogP) is 2.60. The first-order chi connectivity index (χ1) is 5.12. The van der Waals surface area contributed by atoms with Crippen molar-refractivity contribution in [2.75, 3.05) is 0 Å². The Morgan fingerprint density at radius 2 is 2.18 bits per heavy atom. The molecule has 1 saturated heterocycles. The summed E-state index contributed by atoms with van der Waals surface area (Å²) < 4.78 is 5.65. The topological polar surface area (TPSA) is 12.5 Å². The smallest absolute Gasteiger partial charge is 0.0920 e. The third kappa shape index (κ3) is 1.20. The standard InChI is InChI=1S/C10H18O/c1-7(2)8-4-5-10(3)9(6-8)11-10/h7-9H,4-6H2,1-3H3/t8?,9?,10-/m1/s1. The number of fused-ring (bicyclic) bond motifs is 1. The molecule has 1 nitrogen and oxygen atoms in total. The average molecular weight is 154 g/mol. The highest BCUT2D eigenvalue weighted by molar-refractivity contribution is 5.03. The van der Waals surface area contributed by atoms with Crippen molar-refractivity contribution in [1.82, 2.24) is 0 Å². The Balaban J connectivity index is 1.93. The minimum absolute atomic E-state index is 0.311. The molecule has 1 aliphatic heterocycles. The average Bonchev–Trinajstić information content (AvgIpc) is 2.58. The van der Waals surface area contributed by atoms with Gasteiger partial charge in [0.25, 0.3) is 0 Å². The van der Waals surface area contributed by atoms with Crippen LogP contribution in [-0.4, -0.2) is 11.7 Å². The lowest BCUT2D eigenvalue weighted by Gasteiger charge is -2.25. The van der Waals surface area contributed by atoms with Gasteiger partial charge in [0, 0.05) is 0 Å². The van der Waals surface area contributed by atoms with Gasteiger partial charge in [0.05, 0.1) is 11.7 Å². The second-order valence-corrected chi connectivity index (χ2v) is 4.70. The highest BCUT2D eigenvalue weighted by atomic mass is 16.6. The molecular weight excluding hydrogens is 136 g/mol. The maximum atomic E-state index is 5.65. The molecule has 64 valence electrons. The van der Waals surface area contributed by atoms with E-state index in [4.69, 9.17) is 4.74 Å². The normalized spacial score (nSPS) is 49.1. The van der Waals surface area contributed by atoms with Crippen LogP contribution in [0.15, 0.2) is 0 Å². The van der Waals surface area contributed by atoms with E-state index in [2.05, 4.69) is 20.8 Å². The number of hydrogen-bond donors (Lipinski definition) is 0. The van der Waals surface area contributed by atoms with Gasteiger partial charge in [-0.25, -0.2) is 0 Å². The van der Waals surface area contributed by atoms with Crippen molar-refractivity contribution in [3.8, 4) is 0 Å². The molecule has 1 heterocycles. The van der Waals surface area contributed by atoms with Crippen LogP contribution in [0.1, 0.15) is 40.0 Å². The van der Waals surface area contributed by atoms with E-state index in [1.165, 1.54) is 19.3 Å². The molecular formula is C10H18O. The fourth-order valence-corrected chi connectivity index (χ4v) is 2.28. The van der Waals surface area contributed by atoms with Gasteiger partial charge in [-0.2, -0.15) is 0 Å². The minimum atomic E-state index is 0.311. The zero-order valence-corrected chi connectivity index (χ0v) is 7.76. The second kappa shape index (κ2) is 2.22. The summed E-state index contributed by atoms with van der Waals surface area (Å²) >= 11 is 0. The number of hydrogen-bond acceptors (Lipinski definition) is 1. The maximum Gasteiger partial charge on any atom is 0.0920 e. The Morgan fingerprint density at radius 3 is 2.73 bits per heavy atom. The monoisotopic (exact) mass is 154 g/mol. The molecule has 3 atom stereocenters. The van der Waals surface area contributed by atoms with Crippen LogP contribution < -0.4 is 0 Å². The van der Waals surface area contributed by atoms with Crippen LogP contribution in [0.25, 0.3) is 0 Å². The molecule has 2 fully saturated rings. The van der Waals surface area contributed by atoms with Gasteiger partial charge >= 0.3 is 0 Å². The van der Waals surface area contributed by atoms with Gasteiger partial charge < -0.3 is 4.74 Å². The second-order valence-electron chi connectivity index (χ2n) is 4.70. The Bertz CT molecular complexity index is 164. The number of rotatable bonds is 1. The molecule has 0 radical (unpaired) electrons. The van der Waals surface area contributed by atoms with Crippen LogP contribution in [0.5, 0.6) is 0 Å². The molecule has 2 unspecified atom stereocenters. The van der Waals surface area contributed by atoms with Crippen molar-refractivity contribution in [1.29, 1.82) is 0 Å². The van der Waals surface area contributed by atoms with Crippen LogP contribution in [0.4, 0.5) is 0 Å². The first-order valence-electron chi connectivity index (χ1n) is 4.79. The lowest BCUT2D eigenvalue weighted by molar-refractivity contribution is 0.275. The molecule has 0 N–H and O–H groups in total. The maximum absolute atomic E-state index is 5.65. The van der Waals surface area contributed by atoms with Crippen molar-refractivity contribution in [2.24, 2.45) is 11.8 Å². The van der Waals surface area contributed by atoms with Crippen molar-refractivity contribution in [3.05, 3.63) is 0 Å². The molecule has 0 aromatic carbocycles. The van der Waals surface area contributed by atoms with E-state index in [1.807, 2.05) is 0 Å². The Kier molecular flexibility index (Phi) is 1.54. The van der Waals surface area contributed by atoms with Crippen LogP contribution in [-0.2, 0) is 4.74 Å². The molecule has 1 heteroatoms. The van der Waals surface area contributed by atoms with Crippen molar-refractivity contribution in [3.63, 3.8) is 0 Å². The summed E-state index contributed by atoms with van der Waals surface area (Å²) in [7, 11) is 0. The van der Waals surface area contributed by atoms with Gasteiger partial charge in [-0.1, -0.05) is 13.8 Å². The first-order valence-corrected chi connectivity index (χ1v) is 4.79. The molecule has 0 spiro atoms. The van der Waals surface area contributed by atoms with Gasteiger partial charge in [-0.15, -0.1) is 0 Å². The van der Waals surface area contributed by atoms with E-state index >= 15 is 0 Å². The summed E-state index contributed by atoms with van der Waals surface area (Å²) in [4.78, 5) is 0. The van der Waals surface area contributed by atoms with E-state index in [1.54, 1.807) is 0 Å². The Morgan fingerprint density at radius 1 is 1.45 bits per heavy atom. The molecule has 0 aromatic rings. The zero-order chi connectivity index (χ0) is 8.06. The van der Waals surface area contributed by atoms with Gasteiger partial charge in [-0.05, 0) is 38.0 Å². The van der Waals surface area contributed by atoms with Gasteiger partial charge in [0.1, 0.15) is 0 Å². The number of ether oxygens (including phenoxy) is 1. The SMILES string of the molecule is CC(C)C1CC[C@@]2(C)OC2C1. The summed E-state index contributed by atoms with van der Waals surface area (Å²) in [6.45, 7) is 6.92. The van der Waals surface area contributed by atoms with Gasteiger partial charge in [0.15, 0.2) is 0 Å². The quantitative estimate of drug-likeness (QED) is 0.529. The highest BCUT2D eigenvalue weighted by Gasteiger charge is 2.55. The van der Waals surface area contributed by atoms with Crippen molar-refractivity contribution in [2.45, 2.75) is 51.7 Å². The van der Waals surface area contributed by atoms with Crippen LogP contribution in [0.2, 0.25) is 0 Å². The molecule has 0 amide bonds. The molecule has 2 rings (SSSR count). The molecule has 0 aromatic heterocycles. The van der Waals surface area contributed by atoms with Crippen LogP contribution in [0.3, 0.4) is 0 Å². The molecule has 11 heavy (non-hydrogen) atoms.